The van der Waals surface area contributed by atoms with E-state index in [9.17, 15) is 4.79 Å². The van der Waals surface area contributed by atoms with Crippen LogP contribution in [0.5, 0.6) is 0 Å². The second kappa shape index (κ2) is 4.61. The topological polar surface area (TPSA) is 88.1 Å². The Bertz CT molecular complexity index is 344. The van der Waals surface area contributed by atoms with E-state index < -0.39 is 18.2 Å². The van der Waals surface area contributed by atoms with Gasteiger partial charge in [0.1, 0.15) is 12.3 Å². The Morgan fingerprint density at radius 2 is 2.25 bits per heavy atom. The Morgan fingerprint density at radius 3 is 2.81 bits per heavy atom. The fourth-order valence-corrected chi connectivity index (χ4v) is 2.21. The Hall–Kier alpha value is -1.43. The van der Waals surface area contributed by atoms with E-state index in [1.165, 1.54) is 0 Å². The van der Waals surface area contributed by atoms with Crippen molar-refractivity contribution in [2.75, 3.05) is 6.61 Å². The molecule has 1 aliphatic carbocycles. The molecule has 0 radical (unpaired) electrons. The highest BCUT2D eigenvalue weighted by Crippen LogP contribution is 2.39. The third-order valence-corrected chi connectivity index (χ3v) is 2.98. The molecule has 2 rings (SSSR count). The molecule has 1 heterocycles. The highest BCUT2D eigenvalue weighted by Gasteiger charge is 2.39. The summed E-state index contributed by atoms with van der Waals surface area (Å²) >= 11 is 0. The number of ether oxygens (including phenoxy) is 1. The molecular formula is C10H15N3O3. The number of esters is 1. The minimum atomic E-state index is -0.689. The van der Waals surface area contributed by atoms with Crippen LogP contribution in [0.1, 0.15) is 37.8 Å². The zero-order valence-electron chi connectivity index (χ0n) is 8.98. The second-order valence-corrected chi connectivity index (χ2v) is 4.05. The molecule has 0 spiro atoms. The molecule has 88 valence electrons. The molecule has 0 unspecified atom stereocenters. The fraction of sp³-hybridized carbons (Fsp3) is 0.700. The van der Waals surface area contributed by atoms with Crippen LogP contribution < -0.4 is 0 Å². The molecule has 1 aliphatic rings. The van der Waals surface area contributed by atoms with Gasteiger partial charge in [-0.1, -0.05) is 11.6 Å². The third kappa shape index (κ3) is 2.06. The van der Waals surface area contributed by atoms with Gasteiger partial charge in [-0.25, -0.2) is 4.79 Å². The number of hydrogen-bond acceptors (Lipinski definition) is 5. The van der Waals surface area contributed by atoms with Gasteiger partial charge in [-0.2, -0.15) is 0 Å². The van der Waals surface area contributed by atoms with Crippen molar-refractivity contribution in [1.82, 2.24) is 15.4 Å². The van der Waals surface area contributed by atoms with Crippen LogP contribution in [-0.4, -0.2) is 33.1 Å². The number of nitrogens with zero attached hydrogens (tertiary/aromatic N) is 2. The summed E-state index contributed by atoms with van der Waals surface area (Å²) in [6, 6.07) is 0. The van der Waals surface area contributed by atoms with Gasteiger partial charge in [0.05, 0.1) is 0 Å². The lowest BCUT2D eigenvalue weighted by Gasteiger charge is -2.34. The van der Waals surface area contributed by atoms with Gasteiger partial charge in [0.15, 0.2) is 5.60 Å². The fourth-order valence-electron chi connectivity index (χ4n) is 2.21. The molecule has 1 aromatic rings. The Balaban J connectivity index is 2.21. The zero-order chi connectivity index (χ0) is 11.4. The number of aliphatic hydroxyl groups is 1. The molecule has 1 fully saturated rings. The number of carbonyl (C=O) groups excluding carboxylic acids is 1. The van der Waals surface area contributed by atoms with Crippen molar-refractivity contribution in [2.45, 2.75) is 37.7 Å². The zero-order valence-corrected chi connectivity index (χ0v) is 8.98. The first-order valence-corrected chi connectivity index (χ1v) is 5.46. The van der Waals surface area contributed by atoms with Crippen molar-refractivity contribution in [1.29, 1.82) is 0 Å². The van der Waals surface area contributed by atoms with Crippen LogP contribution in [0.2, 0.25) is 0 Å². The van der Waals surface area contributed by atoms with Crippen LogP contribution in [0.3, 0.4) is 0 Å². The van der Waals surface area contributed by atoms with Crippen LogP contribution in [0.15, 0.2) is 6.20 Å². The summed E-state index contributed by atoms with van der Waals surface area (Å²) in [5.41, 5.74) is -0.0422. The SMILES string of the molecule is O=C(CO)OC1(c2c[nH]nn2)CCCCC1. The summed E-state index contributed by atoms with van der Waals surface area (Å²) in [7, 11) is 0. The number of carbonyl (C=O) groups is 1. The van der Waals surface area contributed by atoms with E-state index in [-0.39, 0.29) is 0 Å². The molecule has 0 bridgehead atoms. The molecule has 0 saturated heterocycles. The minimum Gasteiger partial charge on any atom is -0.451 e. The largest absolute Gasteiger partial charge is 0.451 e. The second-order valence-electron chi connectivity index (χ2n) is 4.05. The molecule has 16 heavy (non-hydrogen) atoms. The molecule has 0 aromatic carbocycles. The van der Waals surface area contributed by atoms with Crippen LogP contribution in [0.25, 0.3) is 0 Å². The van der Waals surface area contributed by atoms with E-state index in [1.807, 2.05) is 0 Å². The first-order chi connectivity index (χ1) is 7.77. The van der Waals surface area contributed by atoms with E-state index in [1.54, 1.807) is 6.20 Å². The van der Waals surface area contributed by atoms with Gasteiger partial charge in [0.25, 0.3) is 0 Å². The minimum absolute atomic E-state index is 0.598. The lowest BCUT2D eigenvalue weighted by atomic mass is 9.82. The molecule has 0 aliphatic heterocycles. The quantitative estimate of drug-likeness (QED) is 0.731. The summed E-state index contributed by atoms with van der Waals surface area (Å²) in [6.07, 6.45) is 6.25. The van der Waals surface area contributed by atoms with Crippen molar-refractivity contribution in [3.8, 4) is 0 Å². The summed E-state index contributed by atoms with van der Waals surface area (Å²) in [5.74, 6) is -0.607. The normalized spacial score (nSPS) is 19.3. The number of nitrogens with one attached hydrogen (secondary N) is 1. The molecule has 2 N–H and O–H groups in total. The number of H-pyrrole nitrogens is 1. The van der Waals surface area contributed by atoms with Gasteiger partial charge >= 0.3 is 5.97 Å². The first kappa shape index (κ1) is 11.1. The molecule has 0 atom stereocenters. The van der Waals surface area contributed by atoms with E-state index in [0.717, 1.165) is 32.1 Å². The molecular weight excluding hydrogens is 210 g/mol. The Labute approximate surface area is 93.0 Å². The van der Waals surface area contributed by atoms with E-state index in [4.69, 9.17) is 9.84 Å². The van der Waals surface area contributed by atoms with Gasteiger partial charge in [-0.15, -0.1) is 5.10 Å². The molecule has 0 amide bonds. The molecule has 1 aromatic heterocycles. The lowest BCUT2D eigenvalue weighted by molar-refractivity contribution is -0.169. The smallest absolute Gasteiger partial charge is 0.332 e. The monoisotopic (exact) mass is 225 g/mol. The van der Waals surface area contributed by atoms with Crippen molar-refractivity contribution < 1.29 is 14.6 Å². The van der Waals surface area contributed by atoms with E-state index in [2.05, 4.69) is 15.4 Å². The first-order valence-electron chi connectivity index (χ1n) is 5.46. The van der Waals surface area contributed by atoms with Crippen molar-refractivity contribution >= 4 is 5.97 Å². The van der Waals surface area contributed by atoms with Crippen molar-refractivity contribution in [3.63, 3.8) is 0 Å². The average Bonchev–Trinajstić information content (AvgIpc) is 2.84. The van der Waals surface area contributed by atoms with E-state index >= 15 is 0 Å². The molecule has 6 heteroatoms. The maximum absolute atomic E-state index is 11.2. The number of aromatic amines is 1. The van der Waals surface area contributed by atoms with Crippen LogP contribution >= 0.6 is 0 Å². The number of hydrogen-bond donors (Lipinski definition) is 2. The van der Waals surface area contributed by atoms with Crippen molar-refractivity contribution in [2.24, 2.45) is 0 Å². The highest BCUT2D eigenvalue weighted by molar-refractivity contribution is 5.71. The number of aliphatic hydroxyl groups excluding tert-OH is 1. The average molecular weight is 225 g/mol. The summed E-state index contributed by atoms with van der Waals surface area (Å²) in [6.45, 7) is -0.598. The van der Waals surface area contributed by atoms with Crippen LogP contribution in [0, 0.1) is 0 Å². The molecule has 1 saturated carbocycles. The summed E-state index contributed by atoms with van der Waals surface area (Å²) < 4.78 is 5.36. The summed E-state index contributed by atoms with van der Waals surface area (Å²) in [4.78, 5) is 11.2. The van der Waals surface area contributed by atoms with E-state index in [0.29, 0.717) is 5.69 Å². The maximum Gasteiger partial charge on any atom is 0.332 e. The lowest BCUT2D eigenvalue weighted by Crippen LogP contribution is -2.36. The predicted octanol–water partition coefficient (Wildman–Crippen LogP) is 0.500. The standard InChI is InChI=1S/C10H15N3O3/c14-7-9(15)16-10(4-2-1-3-5-10)8-6-11-13-12-8/h6,14H,1-5,7H2,(H,11,12,13). The predicted molar refractivity (Wildman–Crippen MR) is 54.3 cm³/mol. The molecule has 6 nitrogen and oxygen atoms in total. The summed E-state index contributed by atoms with van der Waals surface area (Å²) in [5, 5.41) is 19.0. The number of rotatable bonds is 3. The maximum atomic E-state index is 11.2. The van der Waals surface area contributed by atoms with Gasteiger partial charge < -0.3 is 9.84 Å². The Kier molecular flexibility index (Phi) is 3.19. The number of aromatic nitrogens is 3. The van der Waals surface area contributed by atoms with Gasteiger partial charge in [-0.3, -0.25) is 5.10 Å². The van der Waals surface area contributed by atoms with Crippen LogP contribution in [-0.2, 0) is 15.1 Å². The van der Waals surface area contributed by atoms with Crippen LogP contribution in [0.4, 0.5) is 0 Å². The highest BCUT2D eigenvalue weighted by atomic mass is 16.6. The Morgan fingerprint density at radius 1 is 1.50 bits per heavy atom. The third-order valence-electron chi connectivity index (χ3n) is 2.98. The van der Waals surface area contributed by atoms with Crippen molar-refractivity contribution in [3.05, 3.63) is 11.9 Å². The van der Waals surface area contributed by atoms with Gasteiger partial charge in [0.2, 0.25) is 0 Å². The van der Waals surface area contributed by atoms with Gasteiger partial charge in [0, 0.05) is 6.20 Å². The van der Waals surface area contributed by atoms with Gasteiger partial charge in [-0.05, 0) is 25.7 Å².